The first-order chi connectivity index (χ1) is 9.13. The van der Waals surface area contributed by atoms with Gasteiger partial charge in [0, 0.05) is 24.8 Å². The third-order valence-electron chi connectivity index (χ3n) is 4.15. The Morgan fingerprint density at radius 3 is 2.37 bits per heavy atom. The summed E-state index contributed by atoms with van der Waals surface area (Å²) < 4.78 is 13.9. The number of nitrogens with one attached hydrogen (secondary N) is 1. The third kappa shape index (κ3) is 3.27. The van der Waals surface area contributed by atoms with E-state index in [9.17, 15) is 4.39 Å². The fourth-order valence-corrected chi connectivity index (χ4v) is 2.77. The van der Waals surface area contributed by atoms with Crippen LogP contribution in [0.25, 0.3) is 0 Å². The lowest BCUT2D eigenvalue weighted by molar-refractivity contribution is 0.599. The number of aryl methyl sites for hydroxylation is 1. The van der Waals surface area contributed by atoms with Crippen molar-refractivity contribution in [3.05, 3.63) is 29.1 Å². The molecule has 2 nitrogen and oxygen atoms in total. The second kappa shape index (κ2) is 6.38. The van der Waals surface area contributed by atoms with Crippen molar-refractivity contribution in [2.24, 2.45) is 0 Å². The molecule has 0 amide bonds. The zero-order valence-electron chi connectivity index (χ0n) is 12.3. The molecule has 0 bridgehead atoms. The van der Waals surface area contributed by atoms with E-state index >= 15 is 0 Å². The molecule has 3 heteroatoms. The fourth-order valence-electron chi connectivity index (χ4n) is 2.77. The Hall–Kier alpha value is -1.09. The Kier molecular flexibility index (Phi) is 4.81. The van der Waals surface area contributed by atoms with Crippen LogP contribution < -0.4 is 10.2 Å². The van der Waals surface area contributed by atoms with Crippen molar-refractivity contribution in [1.29, 1.82) is 0 Å². The summed E-state index contributed by atoms with van der Waals surface area (Å²) in [7, 11) is 1.93. The quantitative estimate of drug-likeness (QED) is 0.893. The van der Waals surface area contributed by atoms with Gasteiger partial charge in [0.15, 0.2) is 0 Å². The zero-order chi connectivity index (χ0) is 13.8. The van der Waals surface area contributed by atoms with Crippen molar-refractivity contribution in [2.75, 3.05) is 25.0 Å². The monoisotopic (exact) mass is 264 g/mol. The van der Waals surface area contributed by atoms with Crippen LogP contribution in [0.2, 0.25) is 0 Å². The maximum atomic E-state index is 13.9. The first-order valence-corrected chi connectivity index (χ1v) is 7.35. The molecule has 1 aliphatic heterocycles. The van der Waals surface area contributed by atoms with E-state index in [1.807, 2.05) is 20.0 Å². The van der Waals surface area contributed by atoms with Crippen LogP contribution in [0.1, 0.15) is 49.8 Å². The summed E-state index contributed by atoms with van der Waals surface area (Å²) in [5.74, 6) is -0.101. The average molecular weight is 264 g/mol. The molecule has 19 heavy (non-hydrogen) atoms. The van der Waals surface area contributed by atoms with Gasteiger partial charge in [-0.1, -0.05) is 12.8 Å². The molecule has 0 aliphatic carbocycles. The molecule has 1 saturated heterocycles. The van der Waals surface area contributed by atoms with Crippen LogP contribution in [0.4, 0.5) is 10.1 Å². The smallest absolute Gasteiger partial charge is 0.126 e. The van der Waals surface area contributed by atoms with Crippen molar-refractivity contribution in [1.82, 2.24) is 5.32 Å². The molecule has 0 saturated carbocycles. The van der Waals surface area contributed by atoms with E-state index < -0.39 is 0 Å². The van der Waals surface area contributed by atoms with Crippen LogP contribution in [0.3, 0.4) is 0 Å². The minimum atomic E-state index is -0.101. The van der Waals surface area contributed by atoms with Gasteiger partial charge in [0.05, 0.1) is 0 Å². The van der Waals surface area contributed by atoms with E-state index in [0.29, 0.717) is 0 Å². The highest BCUT2D eigenvalue weighted by Gasteiger charge is 2.18. The van der Waals surface area contributed by atoms with Crippen molar-refractivity contribution < 1.29 is 4.39 Å². The predicted molar refractivity (Wildman–Crippen MR) is 79.3 cm³/mol. The molecular weight excluding hydrogens is 239 g/mol. The number of rotatable bonds is 3. The number of hydrogen-bond donors (Lipinski definition) is 1. The molecule has 1 aliphatic rings. The van der Waals surface area contributed by atoms with Crippen LogP contribution in [0, 0.1) is 12.7 Å². The van der Waals surface area contributed by atoms with E-state index in [1.165, 1.54) is 31.4 Å². The average Bonchev–Trinajstić information content (AvgIpc) is 2.69. The maximum Gasteiger partial charge on any atom is 0.126 e. The molecule has 106 valence electrons. The van der Waals surface area contributed by atoms with Gasteiger partial charge in [0.25, 0.3) is 0 Å². The summed E-state index contributed by atoms with van der Waals surface area (Å²) in [6.45, 7) is 6.12. The number of nitrogens with zero attached hydrogens (tertiary/aromatic N) is 1. The number of benzene rings is 1. The molecular formula is C16H25FN2. The SMILES string of the molecule is CNC(C)c1cc(F)c(C)cc1N1CCCCCC1. The minimum absolute atomic E-state index is 0.101. The zero-order valence-corrected chi connectivity index (χ0v) is 12.3. The van der Waals surface area contributed by atoms with Crippen LogP contribution in [-0.2, 0) is 0 Å². The highest BCUT2D eigenvalue weighted by molar-refractivity contribution is 5.57. The van der Waals surface area contributed by atoms with Gasteiger partial charge >= 0.3 is 0 Å². The number of halogens is 1. The summed E-state index contributed by atoms with van der Waals surface area (Å²) in [6.07, 6.45) is 5.11. The molecule has 1 heterocycles. The van der Waals surface area contributed by atoms with Gasteiger partial charge in [-0.3, -0.25) is 0 Å². The molecule has 1 aromatic rings. The summed E-state index contributed by atoms with van der Waals surface area (Å²) in [4.78, 5) is 2.43. The summed E-state index contributed by atoms with van der Waals surface area (Å²) >= 11 is 0. The number of anilines is 1. The second-order valence-electron chi connectivity index (χ2n) is 5.57. The Balaban J connectivity index is 2.38. The lowest BCUT2D eigenvalue weighted by Crippen LogP contribution is -2.27. The largest absolute Gasteiger partial charge is 0.371 e. The summed E-state index contributed by atoms with van der Waals surface area (Å²) in [6, 6.07) is 3.90. The van der Waals surface area contributed by atoms with Gasteiger partial charge in [-0.2, -0.15) is 0 Å². The lowest BCUT2D eigenvalue weighted by atomic mass is 10.0. The van der Waals surface area contributed by atoms with Crippen LogP contribution in [0.5, 0.6) is 0 Å². The lowest BCUT2D eigenvalue weighted by Gasteiger charge is -2.28. The van der Waals surface area contributed by atoms with E-state index in [4.69, 9.17) is 0 Å². The van der Waals surface area contributed by atoms with Gasteiger partial charge in [0.2, 0.25) is 0 Å². The van der Waals surface area contributed by atoms with Crippen molar-refractivity contribution in [3.63, 3.8) is 0 Å². The van der Waals surface area contributed by atoms with Crippen LogP contribution in [0.15, 0.2) is 12.1 Å². The van der Waals surface area contributed by atoms with Gasteiger partial charge in [0.1, 0.15) is 5.82 Å². The Morgan fingerprint density at radius 1 is 1.16 bits per heavy atom. The molecule has 1 atom stereocenters. The normalized spacial score (nSPS) is 18.2. The van der Waals surface area contributed by atoms with Gasteiger partial charge in [-0.15, -0.1) is 0 Å². The van der Waals surface area contributed by atoms with Crippen molar-refractivity contribution >= 4 is 5.69 Å². The van der Waals surface area contributed by atoms with E-state index in [-0.39, 0.29) is 11.9 Å². The Labute approximate surface area is 116 Å². The maximum absolute atomic E-state index is 13.9. The topological polar surface area (TPSA) is 15.3 Å². The van der Waals surface area contributed by atoms with Crippen LogP contribution >= 0.6 is 0 Å². The molecule has 1 N–H and O–H groups in total. The fraction of sp³-hybridized carbons (Fsp3) is 0.625. The minimum Gasteiger partial charge on any atom is -0.371 e. The molecule has 1 fully saturated rings. The van der Waals surface area contributed by atoms with Crippen molar-refractivity contribution in [3.8, 4) is 0 Å². The predicted octanol–water partition coefficient (Wildman–Crippen LogP) is 3.79. The summed E-state index contributed by atoms with van der Waals surface area (Å²) in [5, 5.41) is 3.23. The molecule has 1 unspecified atom stereocenters. The molecule has 0 aromatic heterocycles. The third-order valence-corrected chi connectivity index (χ3v) is 4.15. The summed E-state index contributed by atoms with van der Waals surface area (Å²) in [5.41, 5.74) is 3.03. The van der Waals surface area contributed by atoms with Crippen LogP contribution in [-0.4, -0.2) is 20.1 Å². The molecule has 0 spiro atoms. The Bertz CT molecular complexity index is 423. The number of hydrogen-bond acceptors (Lipinski definition) is 2. The molecule has 0 radical (unpaired) electrons. The Morgan fingerprint density at radius 2 is 1.79 bits per heavy atom. The van der Waals surface area contributed by atoms with Crippen molar-refractivity contribution in [2.45, 2.75) is 45.6 Å². The van der Waals surface area contributed by atoms with E-state index in [2.05, 4.69) is 17.1 Å². The highest BCUT2D eigenvalue weighted by atomic mass is 19.1. The second-order valence-corrected chi connectivity index (χ2v) is 5.57. The van der Waals surface area contributed by atoms with Gasteiger partial charge in [-0.05, 0) is 57.0 Å². The van der Waals surface area contributed by atoms with E-state index in [1.54, 1.807) is 6.07 Å². The first kappa shape index (κ1) is 14.3. The first-order valence-electron chi connectivity index (χ1n) is 7.35. The standard InChI is InChI=1S/C16H25FN2/c1-12-10-16(19-8-6-4-5-7-9-19)14(11-15(12)17)13(2)18-3/h10-11,13,18H,4-9H2,1-3H3. The van der Waals surface area contributed by atoms with E-state index in [0.717, 1.165) is 24.2 Å². The van der Waals surface area contributed by atoms with Gasteiger partial charge < -0.3 is 10.2 Å². The highest BCUT2D eigenvalue weighted by Crippen LogP contribution is 2.30. The molecule has 1 aromatic carbocycles. The van der Waals surface area contributed by atoms with Gasteiger partial charge in [-0.25, -0.2) is 4.39 Å². The molecule has 2 rings (SSSR count).